The molecule has 1 aliphatic rings. The molecule has 0 bridgehead atoms. The van der Waals surface area contributed by atoms with Crippen LogP contribution in [0, 0.1) is 6.92 Å². The maximum Gasteiger partial charge on any atom is 0.261 e. The lowest BCUT2D eigenvalue weighted by Crippen LogP contribution is -2.69. The van der Waals surface area contributed by atoms with Gasteiger partial charge in [-0.1, -0.05) is 117 Å². The largest absolute Gasteiger partial charge is 0.406 e. The Kier molecular flexibility index (Phi) is 10.4. The van der Waals surface area contributed by atoms with Crippen molar-refractivity contribution in [1.82, 2.24) is 4.31 Å². The van der Waals surface area contributed by atoms with Gasteiger partial charge in [-0.3, -0.25) is 0 Å². The molecule has 45 heavy (non-hydrogen) atoms. The third-order valence-electron chi connectivity index (χ3n) is 8.57. The van der Waals surface area contributed by atoms with Gasteiger partial charge in [-0.2, -0.15) is 4.31 Å². The molecule has 4 aromatic carbocycles. The Balaban J connectivity index is 1.61. The Bertz CT molecular complexity index is 1590. The minimum absolute atomic E-state index is 0.00211. The Morgan fingerprint density at radius 2 is 1.36 bits per heavy atom. The topological polar surface area (TPSA) is 76.1 Å². The predicted octanol–water partition coefficient (Wildman–Crippen LogP) is 5.83. The van der Waals surface area contributed by atoms with Gasteiger partial charge >= 0.3 is 0 Å². The molecule has 5 rings (SSSR count). The number of hydrogen-bond acceptors (Lipinski definition) is 6. The highest BCUT2D eigenvalue weighted by Gasteiger charge is 2.54. The van der Waals surface area contributed by atoms with E-state index in [-0.39, 0.29) is 21.8 Å². The van der Waals surface area contributed by atoms with Crippen LogP contribution >= 0.6 is 11.8 Å². The summed E-state index contributed by atoms with van der Waals surface area (Å²) in [5.74, 6) is 0. The van der Waals surface area contributed by atoms with Gasteiger partial charge in [0.2, 0.25) is 10.0 Å². The highest BCUT2D eigenvalue weighted by atomic mass is 32.2. The number of hydrogen-bond donors (Lipinski definition) is 1. The summed E-state index contributed by atoms with van der Waals surface area (Å²) in [6.07, 6.45) is -1.49. The van der Waals surface area contributed by atoms with Crippen molar-refractivity contribution in [2.45, 2.75) is 72.6 Å². The van der Waals surface area contributed by atoms with Crippen molar-refractivity contribution < 1.29 is 22.7 Å². The molecule has 1 N–H and O–H groups in total. The lowest BCUT2D eigenvalue weighted by Gasteiger charge is -2.49. The summed E-state index contributed by atoms with van der Waals surface area (Å²) in [6.45, 7) is 8.47. The number of aliphatic hydroxyl groups excluding tert-OH is 1. The average Bonchev–Trinajstić information content (AvgIpc) is 3.03. The summed E-state index contributed by atoms with van der Waals surface area (Å²) in [4.78, 5) is 1.13. The SMILES string of the molecule is CO[C@@H]1[C@@H](Sc2ccccc2)C[C@@H](O)[C@H](CO[Si](c2ccccc2)(c2ccccc2)C(C)(C)C)N1S(=O)(=O)c1ccc(C)cc1. The normalized spacial score (nSPS) is 21.5. The number of ether oxygens (including phenoxy) is 1. The Morgan fingerprint density at radius 3 is 1.84 bits per heavy atom. The summed E-state index contributed by atoms with van der Waals surface area (Å²) in [5.41, 5.74) is 0.958. The van der Waals surface area contributed by atoms with Crippen LogP contribution in [-0.4, -0.2) is 63.5 Å². The van der Waals surface area contributed by atoms with Crippen molar-refractivity contribution in [3.63, 3.8) is 0 Å². The molecule has 238 valence electrons. The summed E-state index contributed by atoms with van der Waals surface area (Å²) in [6, 6.07) is 36.2. The second kappa shape index (κ2) is 13.9. The minimum atomic E-state index is -4.11. The molecule has 4 atom stereocenters. The van der Waals surface area contributed by atoms with Crippen LogP contribution in [0.4, 0.5) is 0 Å². The first kappa shape index (κ1) is 33.6. The monoisotopic (exact) mass is 661 g/mol. The smallest absolute Gasteiger partial charge is 0.261 e. The van der Waals surface area contributed by atoms with Gasteiger partial charge in [0.25, 0.3) is 8.32 Å². The first-order valence-corrected chi connectivity index (χ1v) is 19.5. The first-order chi connectivity index (χ1) is 21.5. The molecule has 1 heterocycles. The number of methoxy groups -OCH3 is 1. The zero-order chi connectivity index (χ0) is 32.2. The number of nitrogens with zero attached hydrogens (tertiary/aromatic N) is 1. The van der Waals surface area contributed by atoms with Gasteiger partial charge in [-0.15, -0.1) is 11.8 Å². The molecule has 0 aromatic heterocycles. The van der Waals surface area contributed by atoms with Gasteiger partial charge in [-0.05, 0) is 53.0 Å². The van der Waals surface area contributed by atoms with Gasteiger partial charge in [0.15, 0.2) is 0 Å². The number of aliphatic hydroxyl groups is 1. The number of sulfonamides is 1. The Labute approximate surface area is 273 Å². The third-order valence-corrected chi connectivity index (χ3v) is 16.7. The fourth-order valence-corrected chi connectivity index (χ4v) is 14.1. The quantitative estimate of drug-likeness (QED) is 0.216. The van der Waals surface area contributed by atoms with Crippen LogP contribution < -0.4 is 10.4 Å². The van der Waals surface area contributed by atoms with Crippen LogP contribution in [0.1, 0.15) is 32.8 Å². The molecule has 6 nitrogen and oxygen atoms in total. The molecular weight excluding hydrogens is 619 g/mol. The summed E-state index contributed by atoms with van der Waals surface area (Å²) in [7, 11) is -5.60. The highest BCUT2D eigenvalue weighted by Crippen LogP contribution is 2.41. The van der Waals surface area contributed by atoms with Crippen molar-refractivity contribution in [2.75, 3.05) is 13.7 Å². The number of benzene rings is 4. The Hall–Kier alpha value is -2.76. The van der Waals surface area contributed by atoms with Gasteiger partial charge in [0.1, 0.15) is 6.23 Å². The fraction of sp³-hybridized carbons (Fsp3) is 0.333. The van der Waals surface area contributed by atoms with Gasteiger partial charge in [0.05, 0.1) is 28.9 Å². The average molecular weight is 662 g/mol. The van der Waals surface area contributed by atoms with Gasteiger partial charge in [-0.25, -0.2) is 8.42 Å². The van der Waals surface area contributed by atoms with Crippen LogP contribution in [-0.2, 0) is 19.2 Å². The number of rotatable bonds is 10. The fourth-order valence-electron chi connectivity index (χ4n) is 6.37. The summed E-state index contributed by atoms with van der Waals surface area (Å²) >= 11 is 1.52. The maximum absolute atomic E-state index is 14.6. The van der Waals surface area contributed by atoms with E-state index in [1.807, 2.05) is 73.7 Å². The van der Waals surface area contributed by atoms with E-state index in [1.165, 1.54) is 16.1 Å². The molecule has 0 radical (unpaired) electrons. The van der Waals surface area contributed by atoms with E-state index in [0.717, 1.165) is 20.8 Å². The predicted molar refractivity (Wildman–Crippen MR) is 185 cm³/mol. The summed E-state index contributed by atoms with van der Waals surface area (Å²) < 4.78 is 43.8. The van der Waals surface area contributed by atoms with Crippen molar-refractivity contribution in [3.05, 3.63) is 121 Å². The van der Waals surface area contributed by atoms with E-state index in [0.29, 0.717) is 6.42 Å². The van der Waals surface area contributed by atoms with Crippen molar-refractivity contribution in [1.29, 1.82) is 0 Å². The zero-order valence-corrected chi connectivity index (χ0v) is 29.2. The van der Waals surface area contributed by atoms with Crippen LogP contribution in [0.15, 0.2) is 125 Å². The van der Waals surface area contributed by atoms with E-state index in [4.69, 9.17) is 9.16 Å². The van der Waals surface area contributed by atoms with E-state index >= 15 is 0 Å². The standard InChI is InChI=1S/C36H43NO5S2Si/c1-27-21-23-29(24-22-27)44(39,40)37-32(33(38)25-34(35(37)41-5)43-28-15-9-6-10-16-28)26-42-45(36(2,3)4,30-17-11-7-12-18-30)31-19-13-8-14-20-31/h6-24,32-35,38H,25-26H2,1-5H3/t32-,33+,34-,35+/m0/s1. The second-order valence-electron chi connectivity index (χ2n) is 12.6. The van der Waals surface area contributed by atoms with Crippen LogP contribution in [0.3, 0.4) is 0 Å². The van der Waals surface area contributed by atoms with Crippen molar-refractivity contribution in [3.8, 4) is 0 Å². The molecule has 0 saturated carbocycles. The van der Waals surface area contributed by atoms with Crippen molar-refractivity contribution in [2.24, 2.45) is 0 Å². The molecule has 1 saturated heterocycles. The molecular formula is C36H43NO5S2Si. The Morgan fingerprint density at radius 1 is 0.844 bits per heavy atom. The molecule has 0 unspecified atom stereocenters. The van der Waals surface area contributed by atoms with E-state index in [9.17, 15) is 13.5 Å². The highest BCUT2D eigenvalue weighted by molar-refractivity contribution is 8.00. The lowest BCUT2D eigenvalue weighted by atomic mass is 10.0. The zero-order valence-electron chi connectivity index (χ0n) is 26.5. The maximum atomic E-state index is 14.6. The molecule has 1 fully saturated rings. The molecule has 0 spiro atoms. The minimum Gasteiger partial charge on any atom is -0.406 e. The molecule has 1 aliphatic heterocycles. The molecule has 4 aromatic rings. The van der Waals surface area contributed by atoms with Gasteiger partial charge < -0.3 is 14.3 Å². The molecule has 9 heteroatoms. The van der Waals surface area contributed by atoms with Crippen LogP contribution in [0.25, 0.3) is 0 Å². The van der Waals surface area contributed by atoms with Crippen molar-refractivity contribution >= 4 is 40.5 Å². The van der Waals surface area contributed by atoms with Crippen LogP contribution in [0.5, 0.6) is 0 Å². The number of piperidine rings is 1. The lowest BCUT2D eigenvalue weighted by molar-refractivity contribution is -0.0822. The van der Waals surface area contributed by atoms with E-state index in [2.05, 4.69) is 45.0 Å². The van der Waals surface area contributed by atoms with Gasteiger partial charge in [0, 0.05) is 12.0 Å². The number of thioether (sulfide) groups is 1. The molecule has 0 aliphatic carbocycles. The second-order valence-corrected chi connectivity index (χ2v) is 20.0. The summed E-state index contributed by atoms with van der Waals surface area (Å²) in [5, 5.41) is 13.4. The molecule has 0 amide bonds. The van der Waals surface area contributed by atoms with E-state index in [1.54, 1.807) is 31.4 Å². The van der Waals surface area contributed by atoms with E-state index < -0.39 is 36.7 Å². The van der Waals surface area contributed by atoms with Crippen LogP contribution in [0.2, 0.25) is 5.04 Å². The number of aryl methyl sites for hydroxylation is 1. The third kappa shape index (κ3) is 6.85. The first-order valence-electron chi connectivity index (χ1n) is 15.3.